The van der Waals surface area contributed by atoms with Gasteiger partial charge in [-0.05, 0) is 25.5 Å². The van der Waals surface area contributed by atoms with E-state index < -0.39 is 0 Å². The third kappa shape index (κ3) is 3.05. The summed E-state index contributed by atoms with van der Waals surface area (Å²) in [6.07, 6.45) is 3.78. The zero-order chi connectivity index (χ0) is 14.7. The van der Waals surface area contributed by atoms with Gasteiger partial charge in [-0.3, -0.25) is 0 Å². The van der Waals surface area contributed by atoms with Crippen LogP contribution in [0.1, 0.15) is 35.9 Å². The molecule has 21 heavy (non-hydrogen) atoms. The molecule has 1 aliphatic rings. The van der Waals surface area contributed by atoms with Crippen molar-refractivity contribution in [2.45, 2.75) is 31.4 Å². The van der Waals surface area contributed by atoms with E-state index in [1.165, 1.54) is 25.0 Å². The van der Waals surface area contributed by atoms with Crippen molar-refractivity contribution in [2.75, 3.05) is 18.1 Å². The normalized spacial score (nSPS) is 18.5. The van der Waals surface area contributed by atoms with E-state index in [9.17, 15) is 0 Å². The van der Waals surface area contributed by atoms with E-state index in [4.69, 9.17) is 9.97 Å². The number of thioether (sulfide) groups is 1. The van der Waals surface area contributed by atoms with Gasteiger partial charge in [0.15, 0.2) is 0 Å². The van der Waals surface area contributed by atoms with Gasteiger partial charge in [0.05, 0.1) is 10.9 Å². The lowest BCUT2D eigenvalue weighted by Gasteiger charge is -2.22. The van der Waals surface area contributed by atoms with Crippen molar-refractivity contribution in [3.63, 3.8) is 0 Å². The van der Waals surface area contributed by atoms with Crippen LogP contribution in [0, 0.1) is 6.92 Å². The van der Waals surface area contributed by atoms with Gasteiger partial charge in [-0.25, -0.2) is 9.97 Å². The molecule has 0 aliphatic carbocycles. The van der Waals surface area contributed by atoms with Crippen LogP contribution in [0.2, 0.25) is 0 Å². The Balaban J connectivity index is 2.06. The van der Waals surface area contributed by atoms with E-state index in [0.29, 0.717) is 5.25 Å². The number of nitrogens with one attached hydrogen (secondary N) is 1. The molecule has 0 saturated carbocycles. The molecule has 4 heteroatoms. The highest BCUT2D eigenvalue weighted by atomic mass is 32.2. The first-order valence-electron chi connectivity index (χ1n) is 7.53. The van der Waals surface area contributed by atoms with Crippen LogP contribution in [0.3, 0.4) is 0 Å². The second kappa shape index (κ2) is 6.48. The third-order valence-electron chi connectivity index (χ3n) is 3.91. The van der Waals surface area contributed by atoms with E-state index in [-0.39, 0.29) is 0 Å². The summed E-state index contributed by atoms with van der Waals surface area (Å²) in [4.78, 5) is 9.66. The molecule has 1 N–H and O–H groups in total. The maximum absolute atomic E-state index is 4.90. The molecule has 110 valence electrons. The molecule has 0 radical (unpaired) electrons. The van der Waals surface area contributed by atoms with Gasteiger partial charge >= 0.3 is 0 Å². The first kappa shape index (κ1) is 14.4. The van der Waals surface area contributed by atoms with E-state index >= 15 is 0 Å². The standard InChI is InChI=1S/C17H21N3S/c1-12-15(13-8-4-3-5-9-13)19-17(20-16(12)18-2)14-10-6-7-11-21-14/h3-5,8-9,14H,6-7,10-11H2,1-2H3,(H,18,19,20). The topological polar surface area (TPSA) is 37.8 Å². The SMILES string of the molecule is CNc1nc(C2CCCCS2)nc(-c2ccccc2)c1C. The van der Waals surface area contributed by atoms with Crippen LogP contribution >= 0.6 is 11.8 Å². The summed E-state index contributed by atoms with van der Waals surface area (Å²) >= 11 is 1.99. The number of hydrogen-bond donors (Lipinski definition) is 1. The summed E-state index contributed by atoms with van der Waals surface area (Å²) in [7, 11) is 1.93. The highest BCUT2D eigenvalue weighted by molar-refractivity contribution is 7.99. The molecule has 0 bridgehead atoms. The Labute approximate surface area is 130 Å². The van der Waals surface area contributed by atoms with Crippen molar-refractivity contribution in [2.24, 2.45) is 0 Å². The Morgan fingerprint density at radius 2 is 1.95 bits per heavy atom. The Morgan fingerprint density at radius 3 is 2.62 bits per heavy atom. The van der Waals surface area contributed by atoms with Crippen LogP contribution in [0.5, 0.6) is 0 Å². The lowest BCUT2D eigenvalue weighted by atomic mass is 10.1. The van der Waals surface area contributed by atoms with Crippen LogP contribution in [-0.2, 0) is 0 Å². The molecule has 2 aromatic rings. The molecule has 0 amide bonds. The van der Waals surface area contributed by atoms with Gasteiger partial charge in [0, 0.05) is 18.2 Å². The van der Waals surface area contributed by atoms with Gasteiger partial charge in [-0.2, -0.15) is 11.8 Å². The van der Waals surface area contributed by atoms with Gasteiger partial charge in [-0.15, -0.1) is 0 Å². The van der Waals surface area contributed by atoms with Crippen molar-refractivity contribution in [1.29, 1.82) is 0 Å². The number of aromatic nitrogens is 2. The van der Waals surface area contributed by atoms with Gasteiger partial charge in [-0.1, -0.05) is 36.8 Å². The Morgan fingerprint density at radius 1 is 1.14 bits per heavy atom. The first-order chi connectivity index (χ1) is 10.3. The largest absolute Gasteiger partial charge is 0.373 e. The van der Waals surface area contributed by atoms with Crippen molar-refractivity contribution >= 4 is 17.6 Å². The van der Waals surface area contributed by atoms with Gasteiger partial charge in [0.2, 0.25) is 0 Å². The molecule has 1 aliphatic heterocycles. The summed E-state index contributed by atoms with van der Waals surface area (Å²) < 4.78 is 0. The molecule has 1 fully saturated rings. The fourth-order valence-electron chi connectivity index (χ4n) is 2.74. The average Bonchev–Trinajstić information content (AvgIpc) is 2.56. The molecule has 1 aromatic heterocycles. The minimum atomic E-state index is 0.439. The number of hydrogen-bond acceptors (Lipinski definition) is 4. The zero-order valence-electron chi connectivity index (χ0n) is 12.6. The minimum Gasteiger partial charge on any atom is -0.373 e. The summed E-state index contributed by atoms with van der Waals surface area (Å²) in [6.45, 7) is 2.09. The summed E-state index contributed by atoms with van der Waals surface area (Å²) in [5.41, 5.74) is 3.33. The van der Waals surface area contributed by atoms with E-state index in [1.807, 2.05) is 24.9 Å². The Hall–Kier alpha value is -1.55. The second-order valence-corrected chi connectivity index (χ2v) is 6.69. The summed E-state index contributed by atoms with van der Waals surface area (Å²) in [6, 6.07) is 10.4. The lowest BCUT2D eigenvalue weighted by Crippen LogP contribution is -2.10. The number of nitrogens with zero attached hydrogens (tertiary/aromatic N) is 2. The van der Waals surface area contributed by atoms with E-state index in [1.54, 1.807) is 0 Å². The van der Waals surface area contributed by atoms with Crippen LogP contribution in [-0.4, -0.2) is 22.8 Å². The highest BCUT2D eigenvalue weighted by Crippen LogP contribution is 2.38. The average molecular weight is 299 g/mol. The molecular weight excluding hydrogens is 278 g/mol. The maximum atomic E-state index is 4.90. The molecule has 2 heterocycles. The number of anilines is 1. The van der Waals surface area contributed by atoms with Crippen molar-refractivity contribution < 1.29 is 0 Å². The fourth-order valence-corrected chi connectivity index (χ4v) is 3.99. The van der Waals surface area contributed by atoms with E-state index in [0.717, 1.165) is 28.5 Å². The molecule has 1 aromatic carbocycles. The third-order valence-corrected chi connectivity index (χ3v) is 5.29. The molecular formula is C17H21N3S. The molecule has 1 saturated heterocycles. The van der Waals surface area contributed by atoms with Crippen LogP contribution in [0.4, 0.5) is 5.82 Å². The van der Waals surface area contributed by atoms with E-state index in [2.05, 4.69) is 36.5 Å². The van der Waals surface area contributed by atoms with Crippen LogP contribution in [0.15, 0.2) is 30.3 Å². The molecule has 3 rings (SSSR count). The Bertz CT molecular complexity index is 607. The molecule has 3 nitrogen and oxygen atoms in total. The highest BCUT2D eigenvalue weighted by Gasteiger charge is 2.21. The second-order valence-electron chi connectivity index (χ2n) is 5.38. The van der Waals surface area contributed by atoms with Crippen molar-refractivity contribution in [1.82, 2.24) is 9.97 Å². The summed E-state index contributed by atoms with van der Waals surface area (Å²) in [5.74, 6) is 3.15. The predicted molar refractivity (Wildman–Crippen MR) is 90.8 cm³/mol. The van der Waals surface area contributed by atoms with Crippen molar-refractivity contribution in [3.8, 4) is 11.3 Å². The Kier molecular flexibility index (Phi) is 4.44. The first-order valence-corrected chi connectivity index (χ1v) is 8.58. The lowest BCUT2D eigenvalue weighted by molar-refractivity contribution is 0.662. The zero-order valence-corrected chi connectivity index (χ0v) is 13.4. The molecule has 1 unspecified atom stereocenters. The predicted octanol–water partition coefficient (Wildman–Crippen LogP) is 4.45. The van der Waals surface area contributed by atoms with Gasteiger partial charge in [0.25, 0.3) is 0 Å². The summed E-state index contributed by atoms with van der Waals surface area (Å²) in [5, 5.41) is 3.66. The smallest absolute Gasteiger partial charge is 0.144 e. The minimum absolute atomic E-state index is 0.439. The maximum Gasteiger partial charge on any atom is 0.144 e. The molecule has 1 atom stereocenters. The van der Waals surface area contributed by atoms with Crippen molar-refractivity contribution in [3.05, 3.63) is 41.7 Å². The van der Waals surface area contributed by atoms with Crippen LogP contribution < -0.4 is 5.32 Å². The van der Waals surface area contributed by atoms with Crippen LogP contribution in [0.25, 0.3) is 11.3 Å². The molecule has 0 spiro atoms. The van der Waals surface area contributed by atoms with Gasteiger partial charge < -0.3 is 5.32 Å². The fraction of sp³-hybridized carbons (Fsp3) is 0.412. The number of rotatable bonds is 3. The van der Waals surface area contributed by atoms with Gasteiger partial charge in [0.1, 0.15) is 11.6 Å². The number of benzene rings is 1. The quantitative estimate of drug-likeness (QED) is 0.908. The monoisotopic (exact) mass is 299 g/mol.